The molecule has 0 aliphatic rings. The lowest BCUT2D eigenvalue weighted by molar-refractivity contribution is -0.118. The zero-order valence-electron chi connectivity index (χ0n) is 17.8. The standard InChI is InChI=1S/C26H19Cl2N3O3/c27-19-10-13-23(28)24(14-19)30-25(32)16-34-20-11-8-17(9-12-20)15-29-31-26(33)22-7-3-5-18-4-1-2-6-21(18)22/h1-15H,16H2,(H,30,32)(H,31,33)/b29-15-. The molecule has 0 aromatic heterocycles. The third kappa shape index (κ3) is 5.92. The van der Waals surface area contributed by atoms with Gasteiger partial charge in [-0.15, -0.1) is 0 Å². The van der Waals surface area contributed by atoms with Crippen LogP contribution in [0.1, 0.15) is 15.9 Å². The number of hydrazone groups is 1. The number of hydrogen-bond acceptors (Lipinski definition) is 4. The number of carbonyl (C=O) groups excluding carboxylic acids is 2. The van der Waals surface area contributed by atoms with E-state index in [0.717, 1.165) is 16.3 Å². The van der Waals surface area contributed by atoms with Gasteiger partial charge in [0.05, 0.1) is 16.9 Å². The predicted molar refractivity (Wildman–Crippen MR) is 136 cm³/mol. The monoisotopic (exact) mass is 491 g/mol. The minimum Gasteiger partial charge on any atom is -0.484 e. The van der Waals surface area contributed by atoms with Crippen LogP contribution in [0, 0.1) is 0 Å². The van der Waals surface area contributed by atoms with Crippen LogP contribution in [-0.2, 0) is 4.79 Å². The number of nitrogens with one attached hydrogen (secondary N) is 2. The number of hydrogen-bond donors (Lipinski definition) is 2. The minimum atomic E-state index is -0.369. The van der Waals surface area contributed by atoms with Crippen molar-refractivity contribution in [2.45, 2.75) is 0 Å². The fourth-order valence-electron chi connectivity index (χ4n) is 3.23. The molecule has 2 N–H and O–H groups in total. The molecule has 34 heavy (non-hydrogen) atoms. The first-order valence-electron chi connectivity index (χ1n) is 10.3. The van der Waals surface area contributed by atoms with Gasteiger partial charge in [-0.2, -0.15) is 5.10 Å². The molecule has 0 unspecified atom stereocenters. The van der Waals surface area contributed by atoms with Crippen LogP contribution in [0.3, 0.4) is 0 Å². The summed E-state index contributed by atoms with van der Waals surface area (Å²) in [5, 5.41) is 9.39. The van der Waals surface area contributed by atoms with Crippen molar-refractivity contribution in [2.24, 2.45) is 5.10 Å². The van der Waals surface area contributed by atoms with Crippen molar-refractivity contribution in [2.75, 3.05) is 11.9 Å². The smallest absolute Gasteiger partial charge is 0.271 e. The second-order valence-corrected chi connectivity index (χ2v) is 8.10. The van der Waals surface area contributed by atoms with E-state index in [4.69, 9.17) is 27.9 Å². The maximum Gasteiger partial charge on any atom is 0.271 e. The Morgan fingerprint density at radius 1 is 0.912 bits per heavy atom. The zero-order chi connectivity index (χ0) is 23.9. The van der Waals surface area contributed by atoms with Gasteiger partial charge in [0.25, 0.3) is 11.8 Å². The fourth-order valence-corrected chi connectivity index (χ4v) is 3.56. The Hall–Kier alpha value is -3.87. The Morgan fingerprint density at radius 3 is 2.50 bits per heavy atom. The number of rotatable bonds is 7. The van der Waals surface area contributed by atoms with Gasteiger partial charge in [0, 0.05) is 10.6 Å². The molecule has 0 spiro atoms. The van der Waals surface area contributed by atoms with Gasteiger partial charge in [-0.05, 0) is 64.9 Å². The highest BCUT2D eigenvalue weighted by molar-refractivity contribution is 6.35. The second-order valence-electron chi connectivity index (χ2n) is 7.26. The first-order valence-corrected chi connectivity index (χ1v) is 11.0. The maximum absolute atomic E-state index is 12.5. The van der Waals surface area contributed by atoms with Crippen molar-refractivity contribution in [3.8, 4) is 5.75 Å². The van der Waals surface area contributed by atoms with E-state index >= 15 is 0 Å². The summed E-state index contributed by atoms with van der Waals surface area (Å²) in [5.74, 6) is -0.158. The first-order chi connectivity index (χ1) is 16.5. The summed E-state index contributed by atoms with van der Waals surface area (Å²) < 4.78 is 5.50. The molecule has 0 saturated heterocycles. The quantitative estimate of drug-likeness (QED) is 0.248. The topological polar surface area (TPSA) is 79.8 Å². The molecule has 4 aromatic rings. The molecular formula is C26H19Cl2N3O3. The normalized spacial score (nSPS) is 10.9. The molecule has 170 valence electrons. The van der Waals surface area contributed by atoms with Gasteiger partial charge >= 0.3 is 0 Å². The van der Waals surface area contributed by atoms with Gasteiger partial charge in [-0.1, -0.05) is 59.6 Å². The molecule has 0 atom stereocenters. The molecule has 4 rings (SSSR count). The van der Waals surface area contributed by atoms with Crippen molar-refractivity contribution in [1.29, 1.82) is 0 Å². The van der Waals surface area contributed by atoms with Gasteiger partial charge in [-0.25, -0.2) is 5.43 Å². The molecule has 2 amide bonds. The van der Waals surface area contributed by atoms with E-state index in [1.165, 1.54) is 6.21 Å². The fraction of sp³-hybridized carbons (Fsp3) is 0.0385. The molecule has 0 aliphatic carbocycles. The van der Waals surface area contributed by atoms with E-state index in [-0.39, 0.29) is 18.4 Å². The van der Waals surface area contributed by atoms with Crippen LogP contribution in [0.25, 0.3) is 10.8 Å². The van der Waals surface area contributed by atoms with Crippen molar-refractivity contribution in [3.63, 3.8) is 0 Å². The van der Waals surface area contributed by atoms with E-state index in [0.29, 0.717) is 27.0 Å². The Balaban J connectivity index is 1.30. The zero-order valence-corrected chi connectivity index (χ0v) is 19.3. The number of fused-ring (bicyclic) bond motifs is 1. The highest BCUT2D eigenvalue weighted by atomic mass is 35.5. The van der Waals surface area contributed by atoms with E-state index in [2.05, 4.69) is 15.8 Å². The lowest BCUT2D eigenvalue weighted by Crippen LogP contribution is -2.20. The Kier molecular flexibility index (Phi) is 7.42. The average molecular weight is 492 g/mol. The van der Waals surface area contributed by atoms with Crippen LogP contribution in [0.2, 0.25) is 10.0 Å². The van der Waals surface area contributed by atoms with Gasteiger partial charge in [0.1, 0.15) is 5.75 Å². The van der Waals surface area contributed by atoms with Gasteiger partial charge in [0.2, 0.25) is 0 Å². The summed E-state index contributed by atoms with van der Waals surface area (Å²) in [6.45, 7) is -0.197. The van der Waals surface area contributed by atoms with Crippen LogP contribution in [0.5, 0.6) is 5.75 Å². The first kappa shape index (κ1) is 23.3. The molecule has 0 radical (unpaired) electrons. The predicted octanol–water partition coefficient (Wildman–Crippen LogP) is 5.93. The molecule has 0 bridgehead atoms. The third-order valence-corrected chi connectivity index (χ3v) is 5.43. The molecule has 4 aromatic carbocycles. The molecule has 0 saturated carbocycles. The SMILES string of the molecule is O=C(COc1ccc(/C=N\NC(=O)c2cccc3ccccc23)cc1)Nc1cc(Cl)ccc1Cl. The van der Waals surface area contributed by atoms with Crippen molar-refractivity contribution in [3.05, 3.63) is 106 Å². The molecule has 0 aliphatic heterocycles. The summed E-state index contributed by atoms with van der Waals surface area (Å²) in [7, 11) is 0. The Morgan fingerprint density at radius 2 is 1.68 bits per heavy atom. The summed E-state index contributed by atoms with van der Waals surface area (Å²) in [6, 6.07) is 24.9. The van der Waals surface area contributed by atoms with E-state index in [1.54, 1.807) is 48.5 Å². The van der Waals surface area contributed by atoms with Crippen molar-refractivity contribution < 1.29 is 14.3 Å². The average Bonchev–Trinajstić information content (AvgIpc) is 2.85. The minimum absolute atomic E-state index is 0.197. The Bertz CT molecular complexity index is 1370. The number of anilines is 1. The second kappa shape index (κ2) is 10.8. The van der Waals surface area contributed by atoms with Crippen LogP contribution in [-0.4, -0.2) is 24.6 Å². The van der Waals surface area contributed by atoms with Crippen LogP contribution in [0.4, 0.5) is 5.69 Å². The van der Waals surface area contributed by atoms with Crippen LogP contribution < -0.4 is 15.5 Å². The summed E-state index contributed by atoms with van der Waals surface area (Å²) in [5.41, 5.74) is 4.27. The summed E-state index contributed by atoms with van der Waals surface area (Å²) in [4.78, 5) is 24.6. The van der Waals surface area contributed by atoms with Gasteiger partial charge in [-0.3, -0.25) is 9.59 Å². The number of nitrogens with zero attached hydrogens (tertiary/aromatic N) is 1. The summed E-state index contributed by atoms with van der Waals surface area (Å²) in [6.07, 6.45) is 1.53. The molecular weight excluding hydrogens is 473 g/mol. The van der Waals surface area contributed by atoms with E-state index in [1.807, 2.05) is 36.4 Å². The van der Waals surface area contributed by atoms with Crippen LogP contribution in [0.15, 0.2) is 90.0 Å². The summed E-state index contributed by atoms with van der Waals surface area (Å²) >= 11 is 12.0. The van der Waals surface area contributed by atoms with Crippen molar-refractivity contribution in [1.82, 2.24) is 5.43 Å². The number of ether oxygens (including phenoxy) is 1. The largest absolute Gasteiger partial charge is 0.484 e. The Labute approximate surface area is 206 Å². The van der Waals surface area contributed by atoms with E-state index < -0.39 is 0 Å². The van der Waals surface area contributed by atoms with Crippen molar-refractivity contribution >= 4 is 57.7 Å². The molecule has 8 heteroatoms. The van der Waals surface area contributed by atoms with E-state index in [9.17, 15) is 9.59 Å². The molecule has 0 fully saturated rings. The number of amides is 2. The number of benzene rings is 4. The van der Waals surface area contributed by atoms with Crippen LogP contribution >= 0.6 is 23.2 Å². The highest BCUT2D eigenvalue weighted by Crippen LogP contribution is 2.25. The molecule has 6 nitrogen and oxygen atoms in total. The van der Waals surface area contributed by atoms with Gasteiger partial charge in [0.15, 0.2) is 6.61 Å². The van der Waals surface area contributed by atoms with Gasteiger partial charge < -0.3 is 10.1 Å². The molecule has 0 heterocycles. The maximum atomic E-state index is 12.5. The number of carbonyl (C=O) groups is 2. The third-order valence-electron chi connectivity index (χ3n) is 4.87. The lowest BCUT2D eigenvalue weighted by atomic mass is 10.0. The number of halogens is 2. The lowest BCUT2D eigenvalue weighted by Gasteiger charge is -2.09. The highest BCUT2D eigenvalue weighted by Gasteiger charge is 2.09.